The van der Waals surface area contributed by atoms with Crippen molar-refractivity contribution in [3.63, 3.8) is 0 Å². The second kappa shape index (κ2) is 11.5. The zero-order valence-electron chi connectivity index (χ0n) is 19.6. The van der Waals surface area contributed by atoms with E-state index in [9.17, 15) is 31.2 Å². The molecule has 0 spiro atoms. The molecule has 0 aliphatic heterocycles. The number of thiophene rings is 1. The molecule has 1 unspecified atom stereocenters. The largest absolute Gasteiger partial charge is 0.490 e. The maximum atomic E-state index is 13.5. The predicted molar refractivity (Wildman–Crippen MR) is 143 cm³/mol. The second-order valence-electron chi connectivity index (χ2n) is 7.62. The number of anilines is 1. The van der Waals surface area contributed by atoms with Gasteiger partial charge >= 0.3 is 12.1 Å². The highest BCUT2D eigenvalue weighted by molar-refractivity contribution is 9.09. The Bertz CT molecular complexity index is 1520. The number of nitrogens with two attached hydrogens (primary N) is 1. The molecule has 3 aromatic rings. The van der Waals surface area contributed by atoms with Crippen molar-refractivity contribution in [3.8, 4) is 11.1 Å². The number of nitrogens with one attached hydrogen (secondary N) is 2. The van der Waals surface area contributed by atoms with Crippen LogP contribution in [0, 0.1) is 12.3 Å². The van der Waals surface area contributed by atoms with Crippen LogP contribution in [0.3, 0.4) is 0 Å². The summed E-state index contributed by atoms with van der Waals surface area (Å²) in [6, 6.07) is 12.0. The number of hydrogen-bond donors (Lipinski definition) is 3. The Hall–Kier alpha value is -2.88. The van der Waals surface area contributed by atoms with Crippen molar-refractivity contribution in [3.05, 3.63) is 59.0 Å². The van der Waals surface area contributed by atoms with Gasteiger partial charge in [0.25, 0.3) is 5.91 Å². The summed E-state index contributed by atoms with van der Waals surface area (Å²) in [6.45, 7) is 1.70. The van der Waals surface area contributed by atoms with Crippen molar-refractivity contribution in [2.24, 2.45) is 5.73 Å². The van der Waals surface area contributed by atoms with E-state index in [-0.39, 0.29) is 21.3 Å². The van der Waals surface area contributed by atoms with Gasteiger partial charge in [0.2, 0.25) is 14.9 Å². The Balaban J connectivity index is 2.00. The Kier molecular flexibility index (Phi) is 8.96. The van der Waals surface area contributed by atoms with Gasteiger partial charge in [-0.1, -0.05) is 24.3 Å². The van der Waals surface area contributed by atoms with E-state index < -0.39 is 32.9 Å². The number of alkyl halides is 4. The lowest BCUT2D eigenvalue weighted by atomic mass is 9.98. The minimum Gasteiger partial charge on any atom is -0.434 e. The van der Waals surface area contributed by atoms with Gasteiger partial charge in [-0.15, -0.1) is 23.1 Å². The third kappa shape index (κ3) is 6.39. The third-order valence-corrected chi connectivity index (χ3v) is 9.96. The lowest BCUT2D eigenvalue weighted by molar-refractivity contribution is -0.200. The Morgan fingerprint density at radius 1 is 1.18 bits per heavy atom. The first kappa shape index (κ1) is 29.7. The van der Waals surface area contributed by atoms with Crippen LogP contribution in [-0.2, 0) is 24.2 Å². The molecule has 3 rings (SSSR count). The van der Waals surface area contributed by atoms with Gasteiger partial charge in [-0.05, 0) is 64.5 Å². The van der Waals surface area contributed by atoms with Crippen LogP contribution in [0.2, 0.25) is 0 Å². The molecule has 0 aliphatic carbocycles. The topological polar surface area (TPSA) is 139 Å². The molecule has 0 aliphatic rings. The Morgan fingerprint density at radius 3 is 2.45 bits per heavy atom. The molecule has 202 valence electrons. The van der Waals surface area contributed by atoms with E-state index in [1.807, 2.05) is 0 Å². The van der Waals surface area contributed by atoms with Gasteiger partial charge in [0.15, 0.2) is 0 Å². The maximum Gasteiger partial charge on any atom is 0.490 e. The summed E-state index contributed by atoms with van der Waals surface area (Å²) in [6.07, 6.45) is -3.58. The highest BCUT2D eigenvalue weighted by atomic mass is 79.9. The van der Waals surface area contributed by atoms with Crippen molar-refractivity contribution < 1.29 is 35.9 Å². The molecule has 38 heavy (non-hydrogen) atoms. The van der Waals surface area contributed by atoms with Crippen LogP contribution >= 0.6 is 39.0 Å². The van der Waals surface area contributed by atoms with Crippen molar-refractivity contribution in [2.45, 2.75) is 32.1 Å². The van der Waals surface area contributed by atoms with Crippen LogP contribution in [-0.4, -0.2) is 43.6 Å². The molecule has 15 heteroatoms. The lowest BCUT2D eigenvalue weighted by Crippen LogP contribution is -2.34. The van der Waals surface area contributed by atoms with Crippen LogP contribution in [0.5, 0.6) is 0 Å². The molecule has 1 atom stereocenters. The van der Waals surface area contributed by atoms with Gasteiger partial charge in [-0.2, -0.15) is 13.2 Å². The number of hydrogen-bond acceptors (Lipinski definition) is 8. The number of carbonyl (C=O) groups is 2. The van der Waals surface area contributed by atoms with E-state index >= 15 is 0 Å². The quantitative estimate of drug-likeness (QED) is 0.0985. The molecule has 0 saturated heterocycles. The number of thioether (sulfide) groups is 1. The smallest absolute Gasteiger partial charge is 0.434 e. The third-order valence-electron chi connectivity index (χ3n) is 5.02. The number of carbonyl (C=O) groups excluding carboxylic acids is 2. The second-order valence-corrected chi connectivity index (χ2v) is 12.5. The van der Waals surface area contributed by atoms with E-state index in [2.05, 4.69) is 26.0 Å². The number of sulfone groups is 1. The average Bonchev–Trinajstić information content (AvgIpc) is 3.29. The molecule has 1 aromatic heterocycles. The molecule has 2 aromatic carbocycles. The van der Waals surface area contributed by atoms with Gasteiger partial charge in [-0.25, -0.2) is 13.2 Å². The van der Waals surface area contributed by atoms with Crippen molar-refractivity contribution >= 4 is 72.3 Å². The SMILES string of the molecule is CSc1sc(C(=N)N)cc1S(=O)(=O)c1cccc(-c2c(C)cccc2NC(=O)C(Br)OC(=O)C(F)(F)F)c1. The fourth-order valence-corrected chi connectivity index (χ4v) is 7.51. The number of halogens is 4. The summed E-state index contributed by atoms with van der Waals surface area (Å²) < 4.78 is 69.1. The first-order chi connectivity index (χ1) is 17.7. The highest BCUT2D eigenvalue weighted by Crippen LogP contribution is 2.39. The van der Waals surface area contributed by atoms with Gasteiger partial charge in [0.05, 0.1) is 18.9 Å². The number of amides is 1. The molecule has 8 nitrogen and oxygen atoms in total. The highest BCUT2D eigenvalue weighted by Gasteiger charge is 2.43. The fourth-order valence-electron chi connectivity index (χ4n) is 3.32. The summed E-state index contributed by atoms with van der Waals surface area (Å²) in [5.74, 6) is -3.88. The van der Waals surface area contributed by atoms with E-state index in [1.165, 1.54) is 42.1 Å². The van der Waals surface area contributed by atoms with Gasteiger partial charge in [-0.3, -0.25) is 10.2 Å². The normalized spacial score (nSPS) is 12.6. The Morgan fingerprint density at radius 2 is 1.84 bits per heavy atom. The number of amidine groups is 1. The maximum absolute atomic E-state index is 13.5. The van der Waals surface area contributed by atoms with Crippen molar-refractivity contribution in [1.82, 2.24) is 0 Å². The van der Waals surface area contributed by atoms with E-state index in [1.54, 1.807) is 31.4 Å². The number of nitrogen functional groups attached to an aromatic ring is 1. The molecule has 0 fully saturated rings. The average molecular weight is 651 g/mol. The van der Waals surface area contributed by atoms with Crippen LogP contribution in [0.15, 0.2) is 62.5 Å². The molecular formula is C23H19BrF3N3O5S3. The van der Waals surface area contributed by atoms with E-state index in [0.29, 0.717) is 25.8 Å². The zero-order chi connectivity index (χ0) is 28.4. The van der Waals surface area contributed by atoms with E-state index in [4.69, 9.17) is 11.1 Å². The zero-order valence-corrected chi connectivity index (χ0v) is 23.6. The monoisotopic (exact) mass is 649 g/mol. The number of rotatable bonds is 8. The molecule has 0 radical (unpaired) electrons. The lowest BCUT2D eigenvalue weighted by Gasteiger charge is -2.17. The molecule has 4 N–H and O–H groups in total. The van der Waals surface area contributed by atoms with Crippen molar-refractivity contribution in [1.29, 1.82) is 5.41 Å². The van der Waals surface area contributed by atoms with Crippen LogP contribution < -0.4 is 11.1 Å². The predicted octanol–water partition coefficient (Wildman–Crippen LogP) is 5.33. The molecule has 0 bridgehead atoms. The number of esters is 1. The minimum absolute atomic E-state index is 0.00395. The molecule has 0 saturated carbocycles. The van der Waals surface area contributed by atoms with Crippen molar-refractivity contribution in [2.75, 3.05) is 11.6 Å². The van der Waals surface area contributed by atoms with Gasteiger partial charge in [0.1, 0.15) is 5.84 Å². The molecule has 1 heterocycles. The van der Waals surface area contributed by atoms with Gasteiger partial charge in [0, 0.05) is 11.3 Å². The first-order valence-electron chi connectivity index (χ1n) is 10.4. The summed E-state index contributed by atoms with van der Waals surface area (Å²) in [7, 11) is -4.04. The summed E-state index contributed by atoms with van der Waals surface area (Å²) in [5, 5.41) is 8.12. The fraction of sp³-hybridized carbons (Fsp3) is 0.174. The minimum atomic E-state index is -5.28. The van der Waals surface area contributed by atoms with Crippen LogP contribution in [0.1, 0.15) is 10.4 Å². The molecule has 1 amide bonds. The number of benzene rings is 2. The van der Waals surface area contributed by atoms with Crippen LogP contribution in [0.4, 0.5) is 18.9 Å². The Labute approximate surface area is 232 Å². The standard InChI is InChI=1S/C23H19BrF3N3O5S3/c1-11-5-3-8-14(30-20(31)18(24)35-22(32)23(25,26)27)17(11)12-6-4-7-13(9-12)38(33,34)16-10-15(19(28)29)37-21(16)36-2/h3-10,18H,1-2H3,(H3,28,29)(H,30,31). The molecular weight excluding hydrogens is 631 g/mol. The van der Waals surface area contributed by atoms with Gasteiger partial charge < -0.3 is 15.8 Å². The summed E-state index contributed by atoms with van der Waals surface area (Å²) >= 11 is 4.91. The number of ether oxygens (including phenoxy) is 1. The summed E-state index contributed by atoms with van der Waals surface area (Å²) in [5.41, 5.74) is 7.11. The van der Waals surface area contributed by atoms with Crippen LogP contribution in [0.25, 0.3) is 11.1 Å². The first-order valence-corrected chi connectivity index (χ1v) is 14.8. The number of aryl methyl sites for hydroxylation is 1. The summed E-state index contributed by atoms with van der Waals surface area (Å²) in [4.78, 5) is 23.8. The van der Waals surface area contributed by atoms with E-state index in [0.717, 1.165) is 11.3 Å².